The second kappa shape index (κ2) is 13.0. The van der Waals surface area contributed by atoms with Gasteiger partial charge in [-0.05, 0) is 38.8 Å². The van der Waals surface area contributed by atoms with Gasteiger partial charge in [0.1, 0.15) is 5.82 Å². The standard InChI is InChI=1S/C25H39N5O3/c1-5-8-12-16-28(19(4)13-6-2)18-21(31)29(7-3)22-23(26)30(25(33)27-24(22)32)17-20-14-10-9-11-15-20/h9-11,14-15,19H,5-8,12-13,16-18,26H2,1-4H3,(H,27,32,33)/t19-/m0/s1. The lowest BCUT2D eigenvalue weighted by molar-refractivity contribution is -0.120. The van der Waals surface area contributed by atoms with Gasteiger partial charge in [0.05, 0.1) is 13.1 Å². The Kier molecular flexibility index (Phi) is 10.4. The number of hydrogen-bond donors (Lipinski definition) is 2. The number of unbranched alkanes of at least 4 members (excludes halogenated alkanes) is 2. The first-order valence-electron chi connectivity index (χ1n) is 12.0. The van der Waals surface area contributed by atoms with Crippen LogP contribution >= 0.6 is 0 Å². The minimum Gasteiger partial charge on any atom is -0.383 e. The average Bonchev–Trinajstić information content (AvgIpc) is 2.79. The molecule has 1 aromatic heterocycles. The molecule has 0 aliphatic heterocycles. The van der Waals surface area contributed by atoms with Crippen molar-refractivity contribution in [2.75, 3.05) is 30.3 Å². The number of nitrogens with one attached hydrogen (secondary N) is 1. The number of nitrogens with zero attached hydrogens (tertiary/aromatic N) is 3. The van der Waals surface area contributed by atoms with Gasteiger partial charge in [0, 0.05) is 12.6 Å². The molecule has 3 N–H and O–H groups in total. The Bertz CT molecular complexity index is 999. The summed E-state index contributed by atoms with van der Waals surface area (Å²) in [5, 5.41) is 0. The van der Waals surface area contributed by atoms with E-state index in [1.54, 1.807) is 6.92 Å². The maximum Gasteiger partial charge on any atom is 0.330 e. The molecule has 0 spiro atoms. The number of hydrogen-bond acceptors (Lipinski definition) is 5. The molecule has 0 unspecified atom stereocenters. The number of rotatable bonds is 13. The van der Waals surface area contributed by atoms with Gasteiger partial charge in [-0.1, -0.05) is 63.4 Å². The van der Waals surface area contributed by atoms with Crippen molar-refractivity contribution in [3.05, 3.63) is 56.7 Å². The van der Waals surface area contributed by atoms with Crippen LogP contribution in [0.15, 0.2) is 39.9 Å². The van der Waals surface area contributed by atoms with Crippen LogP contribution in [-0.2, 0) is 11.3 Å². The summed E-state index contributed by atoms with van der Waals surface area (Å²) in [5.41, 5.74) is 5.99. The van der Waals surface area contributed by atoms with Crippen LogP contribution in [0.5, 0.6) is 0 Å². The molecule has 0 bridgehead atoms. The summed E-state index contributed by atoms with van der Waals surface area (Å²) >= 11 is 0. The van der Waals surface area contributed by atoms with Gasteiger partial charge in [0.25, 0.3) is 5.56 Å². The third kappa shape index (κ3) is 7.05. The molecule has 1 heterocycles. The Balaban J connectivity index is 2.35. The van der Waals surface area contributed by atoms with Gasteiger partial charge in [0.2, 0.25) is 5.91 Å². The molecule has 0 saturated heterocycles. The van der Waals surface area contributed by atoms with Gasteiger partial charge in [-0.25, -0.2) is 4.79 Å². The van der Waals surface area contributed by atoms with Crippen LogP contribution < -0.4 is 21.9 Å². The Labute approximate surface area is 196 Å². The fourth-order valence-corrected chi connectivity index (χ4v) is 4.10. The van der Waals surface area contributed by atoms with Crippen LogP contribution in [0, 0.1) is 0 Å². The number of amides is 1. The molecule has 0 aliphatic rings. The Morgan fingerprint density at radius 2 is 1.79 bits per heavy atom. The number of anilines is 2. The van der Waals surface area contributed by atoms with E-state index in [0.29, 0.717) is 0 Å². The Morgan fingerprint density at radius 1 is 1.09 bits per heavy atom. The molecule has 8 heteroatoms. The fraction of sp³-hybridized carbons (Fsp3) is 0.560. The summed E-state index contributed by atoms with van der Waals surface area (Å²) in [7, 11) is 0. The maximum atomic E-state index is 13.4. The zero-order valence-corrected chi connectivity index (χ0v) is 20.5. The van der Waals surface area contributed by atoms with Crippen molar-refractivity contribution in [3.63, 3.8) is 0 Å². The highest BCUT2D eigenvalue weighted by atomic mass is 16.2. The van der Waals surface area contributed by atoms with E-state index in [0.717, 1.165) is 44.2 Å². The quantitative estimate of drug-likeness (QED) is 0.450. The number of benzene rings is 1. The lowest BCUT2D eigenvalue weighted by Crippen LogP contribution is -2.47. The van der Waals surface area contributed by atoms with Crippen molar-refractivity contribution < 1.29 is 4.79 Å². The average molecular weight is 458 g/mol. The second-order valence-electron chi connectivity index (χ2n) is 8.52. The molecule has 0 fully saturated rings. The molecule has 1 atom stereocenters. The van der Waals surface area contributed by atoms with Crippen LogP contribution in [0.4, 0.5) is 11.5 Å². The van der Waals surface area contributed by atoms with Gasteiger partial charge in [-0.3, -0.25) is 24.0 Å². The van der Waals surface area contributed by atoms with Crippen LogP contribution in [0.2, 0.25) is 0 Å². The second-order valence-corrected chi connectivity index (χ2v) is 8.52. The number of aromatic amines is 1. The fourth-order valence-electron chi connectivity index (χ4n) is 4.10. The van der Waals surface area contributed by atoms with E-state index in [1.165, 1.54) is 9.47 Å². The largest absolute Gasteiger partial charge is 0.383 e. The molecule has 8 nitrogen and oxygen atoms in total. The molecule has 2 rings (SSSR count). The summed E-state index contributed by atoms with van der Waals surface area (Å²) in [4.78, 5) is 44.6. The maximum absolute atomic E-state index is 13.4. The molecule has 0 aliphatic carbocycles. The van der Waals surface area contributed by atoms with Crippen LogP contribution in [-0.4, -0.2) is 46.0 Å². The van der Waals surface area contributed by atoms with E-state index in [1.807, 2.05) is 30.3 Å². The normalized spacial score (nSPS) is 12.2. The summed E-state index contributed by atoms with van der Waals surface area (Å²) in [5.74, 6) is -0.194. The van der Waals surface area contributed by atoms with Crippen molar-refractivity contribution in [1.29, 1.82) is 0 Å². The minimum atomic E-state index is -0.642. The topological polar surface area (TPSA) is 104 Å². The van der Waals surface area contributed by atoms with E-state index in [2.05, 4.69) is 30.7 Å². The highest BCUT2D eigenvalue weighted by molar-refractivity contribution is 5.96. The zero-order valence-electron chi connectivity index (χ0n) is 20.5. The molecule has 0 radical (unpaired) electrons. The van der Waals surface area contributed by atoms with E-state index in [9.17, 15) is 14.4 Å². The molecule has 182 valence electrons. The van der Waals surface area contributed by atoms with E-state index in [4.69, 9.17) is 5.73 Å². The van der Waals surface area contributed by atoms with Crippen molar-refractivity contribution in [2.45, 2.75) is 72.4 Å². The molecule has 2 aromatic rings. The number of H-pyrrole nitrogens is 1. The molecule has 1 aromatic carbocycles. The van der Waals surface area contributed by atoms with Gasteiger partial charge < -0.3 is 10.6 Å². The number of nitrogen functional groups attached to an aromatic ring is 1. The molecule has 1 amide bonds. The highest BCUT2D eigenvalue weighted by Crippen LogP contribution is 2.19. The third-order valence-corrected chi connectivity index (χ3v) is 6.00. The Morgan fingerprint density at radius 3 is 2.39 bits per heavy atom. The number of aromatic nitrogens is 2. The van der Waals surface area contributed by atoms with Crippen molar-refractivity contribution >= 4 is 17.4 Å². The SMILES string of the molecule is CCCCCN(CC(=O)N(CC)c1c(N)n(Cc2ccccc2)c(=O)[nH]c1=O)[C@@H](C)CCC. The van der Waals surface area contributed by atoms with Crippen LogP contribution in [0.25, 0.3) is 0 Å². The zero-order chi connectivity index (χ0) is 24.4. The number of carbonyl (C=O) groups excluding carboxylic acids is 1. The van der Waals surface area contributed by atoms with Gasteiger partial charge in [0.15, 0.2) is 5.69 Å². The van der Waals surface area contributed by atoms with E-state index in [-0.39, 0.29) is 43.1 Å². The monoisotopic (exact) mass is 457 g/mol. The molecular formula is C25H39N5O3. The first-order chi connectivity index (χ1) is 15.8. The smallest absolute Gasteiger partial charge is 0.330 e. The summed E-state index contributed by atoms with van der Waals surface area (Å²) in [6.45, 7) is 9.76. The van der Waals surface area contributed by atoms with E-state index < -0.39 is 11.2 Å². The van der Waals surface area contributed by atoms with Crippen molar-refractivity contribution in [3.8, 4) is 0 Å². The Hall–Kier alpha value is -2.87. The molecular weight excluding hydrogens is 418 g/mol. The van der Waals surface area contributed by atoms with Gasteiger partial charge in [-0.15, -0.1) is 0 Å². The number of likely N-dealkylation sites (N-methyl/N-ethyl adjacent to an activating group) is 1. The summed E-state index contributed by atoms with van der Waals surface area (Å²) in [6, 6.07) is 9.64. The molecule has 33 heavy (non-hydrogen) atoms. The predicted octanol–water partition coefficient (Wildman–Crippen LogP) is 3.20. The third-order valence-electron chi connectivity index (χ3n) is 6.00. The first kappa shape index (κ1) is 26.4. The van der Waals surface area contributed by atoms with Gasteiger partial charge >= 0.3 is 5.69 Å². The van der Waals surface area contributed by atoms with Gasteiger partial charge in [-0.2, -0.15) is 0 Å². The minimum absolute atomic E-state index is 0.00180. The van der Waals surface area contributed by atoms with Crippen LogP contribution in [0.3, 0.4) is 0 Å². The predicted molar refractivity (Wildman–Crippen MR) is 135 cm³/mol. The first-order valence-corrected chi connectivity index (χ1v) is 12.0. The molecule has 0 saturated carbocycles. The summed E-state index contributed by atoms with van der Waals surface area (Å²) in [6.07, 6.45) is 5.27. The van der Waals surface area contributed by atoms with Crippen molar-refractivity contribution in [1.82, 2.24) is 14.5 Å². The summed E-state index contributed by atoms with van der Waals surface area (Å²) < 4.78 is 1.31. The lowest BCUT2D eigenvalue weighted by atomic mass is 10.1. The van der Waals surface area contributed by atoms with Crippen LogP contribution in [0.1, 0.15) is 65.4 Å². The number of nitrogens with two attached hydrogens (primary N) is 1. The van der Waals surface area contributed by atoms with Crippen molar-refractivity contribution in [2.24, 2.45) is 0 Å². The lowest BCUT2D eigenvalue weighted by Gasteiger charge is -2.31. The van der Waals surface area contributed by atoms with E-state index >= 15 is 0 Å². The number of carbonyl (C=O) groups is 1. The highest BCUT2D eigenvalue weighted by Gasteiger charge is 2.26.